The predicted octanol–water partition coefficient (Wildman–Crippen LogP) is 0.756. The van der Waals surface area contributed by atoms with Gasteiger partial charge in [0.2, 0.25) is 0 Å². The van der Waals surface area contributed by atoms with Crippen molar-refractivity contribution in [1.82, 2.24) is 5.32 Å². The Balaban J connectivity index is 3.50. The lowest BCUT2D eigenvalue weighted by molar-refractivity contribution is 0.0917. The summed E-state index contributed by atoms with van der Waals surface area (Å²) in [6.07, 6.45) is 1.73. The first-order valence-corrected chi connectivity index (χ1v) is 5.01. The van der Waals surface area contributed by atoms with E-state index in [1.54, 1.807) is 0 Å². The van der Waals surface area contributed by atoms with Gasteiger partial charge in [-0.05, 0) is 11.8 Å². The van der Waals surface area contributed by atoms with Gasteiger partial charge < -0.3 is 15.5 Å². The molecule has 0 saturated carbocycles. The van der Waals surface area contributed by atoms with E-state index in [1.807, 2.05) is 0 Å². The maximum absolute atomic E-state index is 9.07. The summed E-state index contributed by atoms with van der Waals surface area (Å²) in [6.45, 7) is 7.77. The first-order chi connectivity index (χ1) is 6.02. The summed E-state index contributed by atoms with van der Waals surface area (Å²) in [5, 5.41) is 20.8. The van der Waals surface area contributed by atoms with Gasteiger partial charge in [0.15, 0.2) is 0 Å². The van der Waals surface area contributed by atoms with Gasteiger partial charge in [-0.25, -0.2) is 0 Å². The molecule has 1 atom stereocenters. The molecular formula is C10H23NO2. The summed E-state index contributed by atoms with van der Waals surface area (Å²) in [5.74, 6) is 0. The summed E-state index contributed by atoms with van der Waals surface area (Å²) < 4.78 is 0. The van der Waals surface area contributed by atoms with Crippen molar-refractivity contribution in [2.45, 2.75) is 39.7 Å². The van der Waals surface area contributed by atoms with Crippen molar-refractivity contribution in [2.75, 3.05) is 19.7 Å². The van der Waals surface area contributed by atoms with Crippen LogP contribution in [0.15, 0.2) is 0 Å². The Morgan fingerprint density at radius 3 is 2.46 bits per heavy atom. The molecule has 80 valence electrons. The van der Waals surface area contributed by atoms with E-state index in [-0.39, 0.29) is 12.0 Å². The van der Waals surface area contributed by atoms with Crippen molar-refractivity contribution in [2.24, 2.45) is 5.41 Å². The van der Waals surface area contributed by atoms with Crippen LogP contribution in [0.4, 0.5) is 0 Å². The zero-order valence-electron chi connectivity index (χ0n) is 9.01. The lowest BCUT2D eigenvalue weighted by Gasteiger charge is -2.24. The molecule has 0 aromatic carbocycles. The van der Waals surface area contributed by atoms with Crippen molar-refractivity contribution < 1.29 is 10.2 Å². The third kappa shape index (κ3) is 6.99. The van der Waals surface area contributed by atoms with Gasteiger partial charge in [0, 0.05) is 13.1 Å². The van der Waals surface area contributed by atoms with E-state index in [1.165, 1.54) is 12.8 Å². The molecule has 13 heavy (non-hydrogen) atoms. The van der Waals surface area contributed by atoms with Crippen LogP contribution in [0.1, 0.15) is 33.6 Å². The fourth-order valence-corrected chi connectivity index (χ4v) is 1.41. The van der Waals surface area contributed by atoms with Crippen LogP contribution in [0.25, 0.3) is 0 Å². The molecule has 0 rings (SSSR count). The van der Waals surface area contributed by atoms with Crippen LogP contribution < -0.4 is 5.32 Å². The minimum absolute atomic E-state index is 0.165. The van der Waals surface area contributed by atoms with Gasteiger partial charge in [0.1, 0.15) is 0 Å². The smallest absolute Gasteiger partial charge is 0.0894 e. The normalized spacial score (nSPS) is 14.5. The largest absolute Gasteiger partial charge is 0.394 e. The number of aliphatic hydroxyl groups is 2. The quantitative estimate of drug-likeness (QED) is 0.554. The van der Waals surface area contributed by atoms with Crippen LogP contribution in [0.2, 0.25) is 0 Å². The SMILES string of the molecule is CCCC(C)(C)CNCC(O)CO. The molecule has 1 unspecified atom stereocenters. The molecule has 0 radical (unpaired) electrons. The molecule has 0 saturated heterocycles. The van der Waals surface area contributed by atoms with Crippen molar-refractivity contribution in [1.29, 1.82) is 0 Å². The van der Waals surface area contributed by atoms with Crippen molar-refractivity contribution in [3.8, 4) is 0 Å². The van der Waals surface area contributed by atoms with Gasteiger partial charge in [-0.1, -0.05) is 27.2 Å². The Morgan fingerprint density at radius 2 is 2.00 bits per heavy atom. The van der Waals surface area contributed by atoms with Gasteiger partial charge in [-0.15, -0.1) is 0 Å². The van der Waals surface area contributed by atoms with Gasteiger partial charge in [-0.2, -0.15) is 0 Å². The fourth-order valence-electron chi connectivity index (χ4n) is 1.41. The number of nitrogens with one attached hydrogen (secondary N) is 1. The molecule has 0 amide bonds. The highest BCUT2D eigenvalue weighted by Crippen LogP contribution is 2.20. The molecule has 0 aliphatic heterocycles. The zero-order chi connectivity index (χ0) is 10.3. The highest BCUT2D eigenvalue weighted by atomic mass is 16.3. The second kappa shape index (κ2) is 6.35. The minimum Gasteiger partial charge on any atom is -0.394 e. The first-order valence-electron chi connectivity index (χ1n) is 5.01. The average Bonchev–Trinajstić information content (AvgIpc) is 2.03. The van der Waals surface area contributed by atoms with Gasteiger partial charge in [0.05, 0.1) is 12.7 Å². The maximum Gasteiger partial charge on any atom is 0.0894 e. The van der Waals surface area contributed by atoms with Crippen LogP contribution in [-0.2, 0) is 0 Å². The zero-order valence-corrected chi connectivity index (χ0v) is 9.01. The second-order valence-corrected chi connectivity index (χ2v) is 4.38. The fraction of sp³-hybridized carbons (Fsp3) is 1.00. The summed E-state index contributed by atoms with van der Waals surface area (Å²) in [7, 11) is 0. The summed E-state index contributed by atoms with van der Waals surface area (Å²) in [4.78, 5) is 0. The van der Waals surface area contributed by atoms with Crippen LogP contribution in [-0.4, -0.2) is 36.0 Å². The van der Waals surface area contributed by atoms with Gasteiger partial charge in [-0.3, -0.25) is 0 Å². The summed E-state index contributed by atoms with van der Waals surface area (Å²) in [6, 6.07) is 0. The van der Waals surface area contributed by atoms with Crippen LogP contribution in [0.3, 0.4) is 0 Å². The third-order valence-corrected chi connectivity index (χ3v) is 2.12. The van der Waals surface area contributed by atoms with E-state index < -0.39 is 6.10 Å². The van der Waals surface area contributed by atoms with Crippen molar-refractivity contribution in [3.63, 3.8) is 0 Å². The number of aliphatic hydroxyl groups excluding tert-OH is 2. The lowest BCUT2D eigenvalue weighted by atomic mass is 9.88. The summed E-state index contributed by atoms with van der Waals surface area (Å²) >= 11 is 0. The summed E-state index contributed by atoms with van der Waals surface area (Å²) in [5.41, 5.74) is 0.282. The Kier molecular flexibility index (Phi) is 6.29. The van der Waals surface area contributed by atoms with E-state index in [9.17, 15) is 0 Å². The number of hydrogen-bond donors (Lipinski definition) is 3. The van der Waals surface area contributed by atoms with Crippen LogP contribution in [0, 0.1) is 5.41 Å². The molecule has 0 spiro atoms. The lowest BCUT2D eigenvalue weighted by Crippen LogP contribution is -2.36. The van der Waals surface area contributed by atoms with Crippen molar-refractivity contribution >= 4 is 0 Å². The average molecular weight is 189 g/mol. The molecule has 0 fully saturated rings. The van der Waals surface area contributed by atoms with Crippen molar-refractivity contribution in [3.05, 3.63) is 0 Å². The maximum atomic E-state index is 9.07. The Bertz CT molecular complexity index is 126. The second-order valence-electron chi connectivity index (χ2n) is 4.38. The van der Waals surface area contributed by atoms with Gasteiger partial charge >= 0.3 is 0 Å². The van der Waals surface area contributed by atoms with E-state index in [4.69, 9.17) is 10.2 Å². The molecule has 0 aromatic heterocycles. The highest BCUT2D eigenvalue weighted by Gasteiger charge is 2.16. The predicted molar refractivity (Wildman–Crippen MR) is 54.7 cm³/mol. The topological polar surface area (TPSA) is 52.5 Å². The molecule has 3 N–H and O–H groups in total. The standard InChI is InChI=1S/C10H23NO2/c1-4-5-10(2,3)8-11-6-9(13)7-12/h9,11-13H,4-8H2,1-3H3. The monoisotopic (exact) mass is 189 g/mol. The highest BCUT2D eigenvalue weighted by molar-refractivity contribution is 4.71. The van der Waals surface area contributed by atoms with Crippen LogP contribution in [0.5, 0.6) is 0 Å². The molecule has 0 bridgehead atoms. The molecule has 3 nitrogen and oxygen atoms in total. The minimum atomic E-state index is -0.627. The van der Waals surface area contributed by atoms with E-state index in [2.05, 4.69) is 26.1 Å². The molecular weight excluding hydrogens is 166 g/mol. The Labute approximate surface area is 81.2 Å². The number of hydrogen-bond acceptors (Lipinski definition) is 3. The first kappa shape index (κ1) is 12.9. The van der Waals surface area contributed by atoms with Gasteiger partial charge in [0.25, 0.3) is 0 Å². The van der Waals surface area contributed by atoms with E-state index >= 15 is 0 Å². The van der Waals surface area contributed by atoms with Crippen LogP contribution >= 0.6 is 0 Å². The van der Waals surface area contributed by atoms with E-state index in [0.29, 0.717) is 6.54 Å². The third-order valence-electron chi connectivity index (χ3n) is 2.12. The van der Waals surface area contributed by atoms with E-state index in [0.717, 1.165) is 6.54 Å². The Morgan fingerprint density at radius 1 is 1.38 bits per heavy atom. The number of rotatable bonds is 7. The molecule has 3 heteroatoms. The molecule has 0 aliphatic carbocycles. The molecule has 0 heterocycles. The molecule has 0 aromatic rings. The molecule has 0 aliphatic rings. The Hall–Kier alpha value is -0.120.